The lowest BCUT2D eigenvalue weighted by atomic mass is 9.94. The molecule has 148 valence electrons. The number of sulfonamides is 1. The molecule has 0 saturated heterocycles. The Morgan fingerprint density at radius 3 is 1.85 bits per heavy atom. The summed E-state index contributed by atoms with van der Waals surface area (Å²) < 4.78 is 36.0. The van der Waals surface area contributed by atoms with Crippen molar-refractivity contribution in [2.45, 2.75) is 18.7 Å². The van der Waals surface area contributed by atoms with Crippen LogP contribution in [0.5, 0.6) is 0 Å². The number of rotatable bonds is 7. The molecule has 0 atom stereocenters. The van der Waals surface area contributed by atoms with Gasteiger partial charge in [0.2, 0.25) is 10.0 Å². The van der Waals surface area contributed by atoms with Crippen LogP contribution in [0, 0.1) is 5.41 Å². The fraction of sp³-hybridized carbons (Fsp3) is 0.500. The van der Waals surface area contributed by atoms with Crippen molar-refractivity contribution in [3.05, 3.63) is 29.3 Å². The monoisotopic (exact) mass is 408 g/mol. The van der Waals surface area contributed by atoms with Crippen molar-refractivity contribution in [1.82, 2.24) is 4.31 Å². The van der Waals surface area contributed by atoms with Crippen LogP contribution in [0.15, 0.2) is 23.1 Å². The van der Waals surface area contributed by atoms with Crippen molar-refractivity contribution < 1.29 is 27.5 Å². The number of nitrogens with two attached hydrogens (primary N) is 1. The molecular formula is C16H25ClN2O6S. The molecule has 0 heterocycles. The molecule has 26 heavy (non-hydrogen) atoms. The van der Waals surface area contributed by atoms with Crippen molar-refractivity contribution in [2.75, 3.05) is 34.4 Å². The van der Waals surface area contributed by atoms with Gasteiger partial charge in [0.15, 0.2) is 0 Å². The van der Waals surface area contributed by atoms with Crippen LogP contribution in [-0.2, 0) is 19.5 Å². The minimum Gasteiger partial charge on any atom is -0.465 e. The summed E-state index contributed by atoms with van der Waals surface area (Å²) in [6.45, 7) is 4.14. The molecule has 8 nitrogen and oxygen atoms in total. The second-order valence-corrected chi connectivity index (χ2v) is 8.40. The number of hydrogen-bond acceptors (Lipinski definition) is 7. The number of carbonyl (C=O) groups is 2. The van der Waals surface area contributed by atoms with Crippen LogP contribution in [-0.4, -0.2) is 59.0 Å². The van der Waals surface area contributed by atoms with Gasteiger partial charge in [0, 0.05) is 13.6 Å². The van der Waals surface area contributed by atoms with Gasteiger partial charge in [-0.25, -0.2) is 22.3 Å². The maximum Gasteiger partial charge on any atom is 0.337 e. The van der Waals surface area contributed by atoms with Crippen LogP contribution in [0.2, 0.25) is 0 Å². The van der Waals surface area contributed by atoms with Gasteiger partial charge in [-0.3, -0.25) is 0 Å². The molecule has 0 aliphatic carbocycles. The second kappa shape index (κ2) is 9.31. The molecule has 2 N–H and O–H groups in total. The van der Waals surface area contributed by atoms with Gasteiger partial charge in [-0.15, -0.1) is 12.4 Å². The molecule has 0 aromatic heterocycles. The highest BCUT2D eigenvalue weighted by Crippen LogP contribution is 2.23. The molecule has 0 unspecified atom stereocenters. The van der Waals surface area contributed by atoms with E-state index in [2.05, 4.69) is 9.47 Å². The van der Waals surface area contributed by atoms with Crippen LogP contribution in [0.1, 0.15) is 34.6 Å². The Morgan fingerprint density at radius 2 is 1.50 bits per heavy atom. The molecule has 1 aromatic carbocycles. The minimum absolute atomic E-state index is 0. The third kappa shape index (κ3) is 5.66. The van der Waals surface area contributed by atoms with E-state index in [-0.39, 0.29) is 35.0 Å². The SMILES string of the molecule is COC(=O)c1cc(C(=O)OC)cc(S(=O)(=O)N(C)CC(C)(C)CN)c1.Cl. The number of hydrogen-bond donors (Lipinski definition) is 1. The fourth-order valence-corrected chi connectivity index (χ4v) is 3.58. The highest BCUT2D eigenvalue weighted by molar-refractivity contribution is 7.89. The Morgan fingerprint density at radius 1 is 1.08 bits per heavy atom. The van der Waals surface area contributed by atoms with Crippen molar-refractivity contribution in [3.63, 3.8) is 0 Å². The van der Waals surface area contributed by atoms with Gasteiger partial charge < -0.3 is 15.2 Å². The molecule has 10 heteroatoms. The maximum atomic E-state index is 12.8. The predicted molar refractivity (Wildman–Crippen MR) is 99.0 cm³/mol. The van der Waals surface area contributed by atoms with Crippen LogP contribution in [0.25, 0.3) is 0 Å². The first-order valence-corrected chi connectivity index (χ1v) is 8.90. The predicted octanol–water partition coefficient (Wildman–Crippen LogP) is 1.29. The zero-order valence-corrected chi connectivity index (χ0v) is 17.1. The molecule has 0 saturated carbocycles. The Kier molecular flexibility index (Phi) is 8.71. The van der Waals surface area contributed by atoms with E-state index in [0.29, 0.717) is 6.54 Å². The zero-order valence-electron chi connectivity index (χ0n) is 15.4. The lowest BCUT2D eigenvalue weighted by Crippen LogP contribution is -2.39. The van der Waals surface area contributed by atoms with E-state index in [1.165, 1.54) is 25.2 Å². The topological polar surface area (TPSA) is 116 Å². The summed E-state index contributed by atoms with van der Waals surface area (Å²) in [6.07, 6.45) is 0. The van der Waals surface area contributed by atoms with Crippen molar-refractivity contribution in [3.8, 4) is 0 Å². The number of ether oxygens (including phenoxy) is 2. The summed E-state index contributed by atoms with van der Waals surface area (Å²) in [4.78, 5) is 23.4. The van der Waals surface area contributed by atoms with Crippen LogP contribution in [0.4, 0.5) is 0 Å². The van der Waals surface area contributed by atoms with Gasteiger partial charge in [-0.1, -0.05) is 13.8 Å². The smallest absolute Gasteiger partial charge is 0.337 e. The summed E-state index contributed by atoms with van der Waals surface area (Å²) >= 11 is 0. The van der Waals surface area contributed by atoms with Crippen molar-refractivity contribution >= 4 is 34.4 Å². The average Bonchev–Trinajstić information content (AvgIpc) is 2.59. The number of esters is 2. The van der Waals surface area contributed by atoms with Crippen molar-refractivity contribution in [1.29, 1.82) is 0 Å². The largest absolute Gasteiger partial charge is 0.465 e. The highest BCUT2D eigenvalue weighted by Gasteiger charge is 2.29. The Hall–Kier alpha value is -1.68. The van der Waals surface area contributed by atoms with Gasteiger partial charge >= 0.3 is 11.9 Å². The normalized spacial score (nSPS) is 11.7. The lowest BCUT2D eigenvalue weighted by molar-refractivity contribution is 0.0598. The summed E-state index contributed by atoms with van der Waals surface area (Å²) in [7, 11) is -0.209. The molecule has 0 radical (unpaired) electrons. The van der Waals surface area contributed by atoms with E-state index >= 15 is 0 Å². The quantitative estimate of drug-likeness (QED) is 0.675. The molecule has 0 amide bonds. The van der Waals surface area contributed by atoms with E-state index in [1.54, 1.807) is 0 Å². The third-order valence-electron chi connectivity index (χ3n) is 3.66. The summed E-state index contributed by atoms with van der Waals surface area (Å²) in [5.41, 5.74) is 5.10. The van der Waals surface area contributed by atoms with Gasteiger partial charge in [0.05, 0.1) is 30.2 Å². The van der Waals surface area contributed by atoms with Crippen LogP contribution < -0.4 is 5.73 Å². The van der Waals surface area contributed by atoms with Crippen LogP contribution in [0.3, 0.4) is 0 Å². The molecule has 0 fully saturated rings. The van der Waals surface area contributed by atoms with Gasteiger partial charge in [0.25, 0.3) is 0 Å². The van der Waals surface area contributed by atoms with Gasteiger partial charge in [-0.2, -0.15) is 0 Å². The lowest BCUT2D eigenvalue weighted by Gasteiger charge is -2.28. The summed E-state index contributed by atoms with van der Waals surface area (Å²) in [5, 5.41) is 0. The average molecular weight is 409 g/mol. The number of halogens is 1. The molecular weight excluding hydrogens is 384 g/mol. The molecule has 1 rings (SSSR count). The van der Waals surface area contributed by atoms with E-state index in [9.17, 15) is 18.0 Å². The molecule has 0 spiro atoms. The zero-order chi connectivity index (χ0) is 19.4. The first-order valence-electron chi connectivity index (χ1n) is 7.46. The third-order valence-corrected chi connectivity index (χ3v) is 5.44. The van der Waals surface area contributed by atoms with E-state index in [4.69, 9.17) is 5.73 Å². The molecule has 0 bridgehead atoms. The minimum atomic E-state index is -3.95. The van der Waals surface area contributed by atoms with E-state index in [0.717, 1.165) is 18.5 Å². The first-order chi connectivity index (χ1) is 11.5. The number of nitrogens with zero attached hydrogens (tertiary/aromatic N) is 1. The highest BCUT2D eigenvalue weighted by atomic mass is 35.5. The van der Waals surface area contributed by atoms with E-state index < -0.39 is 27.4 Å². The standard InChI is InChI=1S/C16H24N2O6S.ClH/c1-16(2,9-17)10-18(3)25(21,22)13-7-11(14(19)23-4)6-12(8-13)15(20)24-5;/h6-8H,9-10,17H2,1-5H3;1H. The van der Waals surface area contributed by atoms with Crippen LogP contribution >= 0.6 is 12.4 Å². The number of benzene rings is 1. The van der Waals surface area contributed by atoms with Gasteiger partial charge in [0.1, 0.15) is 0 Å². The Bertz CT molecular complexity index is 730. The van der Waals surface area contributed by atoms with Gasteiger partial charge in [-0.05, 0) is 30.2 Å². The molecule has 0 aliphatic rings. The summed E-state index contributed by atoms with van der Waals surface area (Å²) in [6, 6.07) is 3.56. The summed E-state index contributed by atoms with van der Waals surface area (Å²) in [5.74, 6) is -1.51. The number of methoxy groups -OCH3 is 2. The number of carbonyl (C=O) groups excluding carboxylic acids is 2. The molecule has 0 aliphatic heterocycles. The fourth-order valence-electron chi connectivity index (χ4n) is 2.15. The maximum absolute atomic E-state index is 12.8. The van der Waals surface area contributed by atoms with E-state index in [1.807, 2.05) is 13.8 Å². The second-order valence-electron chi connectivity index (χ2n) is 6.36. The van der Waals surface area contributed by atoms with Crippen molar-refractivity contribution in [2.24, 2.45) is 11.1 Å². The first kappa shape index (κ1) is 24.3. The Labute approximate surface area is 160 Å². The Balaban J connectivity index is 0.00000625. The molecule has 1 aromatic rings.